The predicted octanol–water partition coefficient (Wildman–Crippen LogP) is 7.93. The first-order valence-electron chi connectivity index (χ1n) is 12.4. The average Bonchev–Trinajstić information content (AvgIpc) is 3.50. The van der Waals surface area contributed by atoms with Gasteiger partial charge in [0.25, 0.3) is 5.56 Å². The van der Waals surface area contributed by atoms with Gasteiger partial charge in [0, 0.05) is 43.7 Å². The van der Waals surface area contributed by atoms with Crippen LogP contribution >= 0.6 is 0 Å². The predicted molar refractivity (Wildman–Crippen MR) is 154 cm³/mol. The Hall–Kier alpha value is -5.09. The Morgan fingerprint density at radius 2 is 1.16 bits per heavy atom. The minimum absolute atomic E-state index is 0.0957. The monoisotopic (exact) mass is 475 g/mol. The van der Waals surface area contributed by atoms with Crippen molar-refractivity contribution in [1.29, 1.82) is 0 Å². The van der Waals surface area contributed by atoms with Crippen LogP contribution < -0.4 is 5.56 Å². The van der Waals surface area contributed by atoms with Gasteiger partial charge in [-0.3, -0.25) is 4.79 Å². The molecule has 2 N–H and O–H groups in total. The van der Waals surface area contributed by atoms with Gasteiger partial charge in [-0.15, -0.1) is 0 Å². The van der Waals surface area contributed by atoms with Crippen LogP contribution in [0.25, 0.3) is 71.3 Å². The third-order valence-corrected chi connectivity index (χ3v) is 7.49. The maximum absolute atomic E-state index is 12.8. The second-order valence-electron chi connectivity index (χ2n) is 9.56. The number of pyridine rings is 1. The Morgan fingerprint density at radius 1 is 0.514 bits per heavy atom. The van der Waals surface area contributed by atoms with Gasteiger partial charge >= 0.3 is 0 Å². The summed E-state index contributed by atoms with van der Waals surface area (Å²) in [5.74, 6) is 0. The number of nitrogens with one attached hydrogen (secondary N) is 2. The highest BCUT2D eigenvalue weighted by Gasteiger charge is 2.15. The average molecular weight is 476 g/mol. The number of hydrogen-bond donors (Lipinski definition) is 2. The maximum Gasteiger partial charge on any atom is 0.272 e. The molecule has 0 fully saturated rings. The lowest BCUT2D eigenvalue weighted by Crippen LogP contribution is -2.05. The van der Waals surface area contributed by atoms with Crippen molar-refractivity contribution < 1.29 is 0 Å². The van der Waals surface area contributed by atoms with Gasteiger partial charge in [0.2, 0.25) is 0 Å². The number of para-hydroxylation sites is 3. The molecule has 0 bridgehead atoms. The molecule has 4 heteroatoms. The molecule has 0 aliphatic heterocycles. The van der Waals surface area contributed by atoms with Crippen molar-refractivity contribution in [2.45, 2.75) is 0 Å². The highest BCUT2D eigenvalue weighted by molar-refractivity contribution is 6.19. The first kappa shape index (κ1) is 20.1. The number of H-pyrrole nitrogens is 2. The van der Waals surface area contributed by atoms with Crippen LogP contribution in [0.5, 0.6) is 0 Å². The Labute approximate surface area is 211 Å². The van der Waals surface area contributed by atoms with Crippen molar-refractivity contribution in [3.05, 3.63) is 126 Å². The lowest BCUT2D eigenvalue weighted by atomic mass is 10.00. The molecule has 37 heavy (non-hydrogen) atoms. The van der Waals surface area contributed by atoms with Crippen molar-refractivity contribution in [3.8, 4) is 16.8 Å². The summed E-state index contributed by atoms with van der Waals surface area (Å²) in [7, 11) is 0. The zero-order chi connectivity index (χ0) is 24.5. The van der Waals surface area contributed by atoms with Crippen LogP contribution in [0.2, 0.25) is 0 Å². The van der Waals surface area contributed by atoms with Crippen molar-refractivity contribution in [2.75, 3.05) is 0 Å². The number of benzene rings is 5. The fourth-order valence-electron chi connectivity index (χ4n) is 5.82. The Morgan fingerprint density at radius 3 is 2.03 bits per heavy atom. The van der Waals surface area contributed by atoms with Crippen molar-refractivity contribution in [1.82, 2.24) is 14.5 Å². The molecule has 8 rings (SSSR count). The number of aromatic nitrogens is 3. The number of fused-ring (bicyclic) bond motifs is 8. The van der Waals surface area contributed by atoms with E-state index in [9.17, 15) is 4.79 Å². The molecule has 0 spiro atoms. The molecule has 0 aliphatic carbocycles. The number of hydrogen-bond acceptors (Lipinski definition) is 1. The Bertz CT molecular complexity index is 2210. The summed E-state index contributed by atoms with van der Waals surface area (Å²) in [6, 6.07) is 40.2. The fraction of sp³-hybridized carbons (Fsp3) is 0. The quantitative estimate of drug-likeness (QED) is 0.262. The molecule has 0 atom stereocenters. The summed E-state index contributed by atoms with van der Waals surface area (Å²) in [6.07, 6.45) is 0. The molecule has 8 aromatic rings. The van der Waals surface area contributed by atoms with Crippen LogP contribution in [0, 0.1) is 0 Å². The molecule has 0 aliphatic rings. The molecule has 0 radical (unpaired) electrons. The van der Waals surface area contributed by atoms with Crippen LogP contribution in [0.15, 0.2) is 120 Å². The largest absolute Gasteiger partial charge is 0.350 e. The molecule has 3 heterocycles. The van der Waals surface area contributed by atoms with Gasteiger partial charge in [0.05, 0.1) is 11.0 Å². The molecule has 0 saturated heterocycles. The van der Waals surface area contributed by atoms with Gasteiger partial charge < -0.3 is 14.5 Å². The van der Waals surface area contributed by atoms with E-state index < -0.39 is 0 Å². The van der Waals surface area contributed by atoms with Gasteiger partial charge in [-0.1, -0.05) is 66.7 Å². The summed E-state index contributed by atoms with van der Waals surface area (Å²) in [4.78, 5) is 19.2. The van der Waals surface area contributed by atoms with Gasteiger partial charge in [-0.25, -0.2) is 0 Å². The van der Waals surface area contributed by atoms with Crippen LogP contribution in [0.4, 0.5) is 0 Å². The Kier molecular flexibility index (Phi) is 4.06. The molecule has 0 unspecified atom stereocenters. The summed E-state index contributed by atoms with van der Waals surface area (Å²) >= 11 is 0. The molecule has 5 aromatic carbocycles. The van der Waals surface area contributed by atoms with Gasteiger partial charge in [-0.2, -0.15) is 0 Å². The van der Waals surface area contributed by atoms with Crippen LogP contribution in [-0.2, 0) is 0 Å². The van der Waals surface area contributed by atoms with Crippen LogP contribution in [0.1, 0.15) is 0 Å². The minimum atomic E-state index is -0.0957. The second kappa shape index (κ2) is 7.45. The number of nitrogens with zero attached hydrogens (tertiary/aromatic N) is 1. The summed E-state index contributed by atoms with van der Waals surface area (Å²) in [6.45, 7) is 0. The first-order valence-corrected chi connectivity index (χ1v) is 12.4. The van der Waals surface area contributed by atoms with E-state index in [1.165, 1.54) is 21.8 Å². The minimum Gasteiger partial charge on any atom is -0.350 e. The van der Waals surface area contributed by atoms with Crippen molar-refractivity contribution in [3.63, 3.8) is 0 Å². The number of aromatic amines is 2. The second-order valence-corrected chi connectivity index (χ2v) is 9.56. The molecular weight excluding hydrogens is 454 g/mol. The van der Waals surface area contributed by atoms with E-state index in [1.54, 1.807) is 0 Å². The van der Waals surface area contributed by atoms with Gasteiger partial charge in [0.1, 0.15) is 5.52 Å². The van der Waals surface area contributed by atoms with E-state index in [0.29, 0.717) is 5.52 Å². The van der Waals surface area contributed by atoms with E-state index in [2.05, 4.69) is 106 Å². The van der Waals surface area contributed by atoms with E-state index in [0.717, 1.165) is 44.0 Å². The lowest BCUT2D eigenvalue weighted by Gasteiger charge is -2.08. The van der Waals surface area contributed by atoms with Crippen molar-refractivity contribution >= 4 is 54.5 Å². The summed E-state index contributed by atoms with van der Waals surface area (Å²) in [5.41, 5.74) is 8.13. The number of rotatable bonds is 2. The first-order chi connectivity index (χ1) is 18.3. The molecule has 0 amide bonds. The van der Waals surface area contributed by atoms with Gasteiger partial charge in [-0.05, 0) is 59.7 Å². The van der Waals surface area contributed by atoms with Gasteiger partial charge in [0.15, 0.2) is 0 Å². The fourth-order valence-corrected chi connectivity index (χ4v) is 5.82. The van der Waals surface area contributed by atoms with Crippen molar-refractivity contribution in [2.24, 2.45) is 0 Å². The SMILES string of the molecule is O=c1[nH]c2ccccc2c2c1[nH]c1ccc(-c3ccc4c(c3)c3ccccc3n4-c3ccccc3)cc12. The molecule has 0 saturated carbocycles. The van der Waals surface area contributed by atoms with E-state index in [4.69, 9.17) is 0 Å². The molecule has 3 aromatic heterocycles. The topological polar surface area (TPSA) is 53.6 Å². The lowest BCUT2D eigenvalue weighted by molar-refractivity contribution is 1.18. The standard InChI is InChI=1S/C33H21N3O/c37-33-32-31(24-11-4-6-12-27(24)35-33)26-19-20(14-16-28(26)34-32)21-15-17-30-25(18-21)23-10-5-7-13-29(23)36(30)22-8-2-1-3-9-22/h1-19,34H,(H,35,37). The van der Waals surface area contributed by atoms with E-state index >= 15 is 0 Å². The molecule has 4 nitrogen and oxygen atoms in total. The zero-order valence-corrected chi connectivity index (χ0v) is 19.8. The van der Waals surface area contributed by atoms with Crippen LogP contribution in [-0.4, -0.2) is 14.5 Å². The third kappa shape index (κ3) is 2.87. The van der Waals surface area contributed by atoms with Crippen LogP contribution in [0.3, 0.4) is 0 Å². The highest BCUT2D eigenvalue weighted by atomic mass is 16.1. The van der Waals surface area contributed by atoms with E-state index in [1.807, 2.05) is 24.3 Å². The molecule has 174 valence electrons. The smallest absolute Gasteiger partial charge is 0.272 e. The summed E-state index contributed by atoms with van der Waals surface area (Å²) < 4.78 is 2.33. The highest BCUT2D eigenvalue weighted by Crippen LogP contribution is 2.37. The molecular formula is C33H21N3O. The third-order valence-electron chi connectivity index (χ3n) is 7.49. The summed E-state index contributed by atoms with van der Waals surface area (Å²) in [5, 5.41) is 5.52. The zero-order valence-electron chi connectivity index (χ0n) is 19.8. The normalized spacial score (nSPS) is 11.9. The van der Waals surface area contributed by atoms with E-state index in [-0.39, 0.29) is 5.56 Å². The maximum atomic E-state index is 12.8. The Balaban J connectivity index is 1.40.